The van der Waals surface area contributed by atoms with Crippen LogP contribution in [0.15, 0.2) is 12.4 Å². The van der Waals surface area contributed by atoms with Crippen molar-refractivity contribution < 1.29 is 4.79 Å². The molecule has 100 valence electrons. The fourth-order valence-electron chi connectivity index (χ4n) is 2.62. The van der Waals surface area contributed by atoms with Crippen molar-refractivity contribution in [1.29, 1.82) is 0 Å². The lowest BCUT2D eigenvalue weighted by molar-refractivity contribution is 0.0741. The summed E-state index contributed by atoms with van der Waals surface area (Å²) in [7, 11) is 1.86. The van der Waals surface area contributed by atoms with Gasteiger partial charge in [-0.25, -0.2) is 9.97 Å². The van der Waals surface area contributed by atoms with E-state index in [1.54, 1.807) is 12.4 Å². The molecule has 5 nitrogen and oxygen atoms in total. The number of nitrogens with zero attached hydrogens (tertiary/aromatic N) is 3. The number of aromatic nitrogens is 2. The first kappa shape index (κ1) is 12.3. The highest BCUT2D eigenvalue weighted by atomic mass is 32.1. The van der Waals surface area contributed by atoms with Gasteiger partial charge in [0, 0.05) is 25.5 Å². The predicted octanol–water partition coefficient (Wildman–Crippen LogP) is 2.29. The Bertz CT molecular complexity index is 618. The zero-order valence-electron chi connectivity index (χ0n) is 10.8. The van der Waals surface area contributed by atoms with E-state index in [2.05, 4.69) is 9.97 Å². The van der Waals surface area contributed by atoms with Crippen molar-refractivity contribution in [2.75, 3.05) is 12.8 Å². The number of anilines is 1. The lowest BCUT2D eigenvalue weighted by Crippen LogP contribution is -2.35. The Kier molecular flexibility index (Phi) is 3.10. The Balaban J connectivity index is 1.94. The number of fused-ring (bicyclic) bond motifs is 1. The average Bonchev–Trinajstić information content (AvgIpc) is 3.06. The van der Waals surface area contributed by atoms with Crippen LogP contribution in [0.5, 0.6) is 0 Å². The van der Waals surface area contributed by atoms with Gasteiger partial charge in [-0.2, -0.15) is 0 Å². The molecule has 2 heterocycles. The van der Waals surface area contributed by atoms with Gasteiger partial charge in [0.15, 0.2) is 0 Å². The second-order valence-corrected chi connectivity index (χ2v) is 5.91. The van der Waals surface area contributed by atoms with E-state index in [9.17, 15) is 4.79 Å². The quantitative estimate of drug-likeness (QED) is 0.913. The number of carbonyl (C=O) groups is 1. The van der Waals surface area contributed by atoms with Gasteiger partial charge in [0.05, 0.1) is 5.69 Å². The molecule has 0 aromatic carbocycles. The molecule has 2 aromatic rings. The van der Waals surface area contributed by atoms with Crippen molar-refractivity contribution in [1.82, 2.24) is 14.9 Å². The number of nitrogen functional groups attached to an aromatic ring is 1. The molecule has 0 unspecified atom stereocenters. The van der Waals surface area contributed by atoms with E-state index in [0.717, 1.165) is 17.7 Å². The molecular weight excluding hydrogens is 260 g/mol. The monoisotopic (exact) mass is 276 g/mol. The average molecular weight is 276 g/mol. The molecule has 0 atom stereocenters. The van der Waals surface area contributed by atoms with E-state index in [4.69, 9.17) is 5.73 Å². The van der Waals surface area contributed by atoms with E-state index in [1.165, 1.54) is 24.2 Å². The number of thiophene rings is 1. The highest BCUT2D eigenvalue weighted by Crippen LogP contribution is 2.33. The molecule has 0 saturated heterocycles. The van der Waals surface area contributed by atoms with Crippen LogP contribution in [-0.4, -0.2) is 33.9 Å². The molecule has 1 fully saturated rings. The van der Waals surface area contributed by atoms with Crippen LogP contribution in [0, 0.1) is 0 Å². The third-order valence-corrected chi connectivity index (χ3v) is 4.84. The fourth-order valence-corrected chi connectivity index (χ4v) is 3.62. The molecule has 1 saturated carbocycles. The van der Waals surface area contributed by atoms with Gasteiger partial charge in [-0.1, -0.05) is 12.8 Å². The predicted molar refractivity (Wildman–Crippen MR) is 76.2 cm³/mol. The molecule has 0 bridgehead atoms. The molecule has 19 heavy (non-hydrogen) atoms. The number of carbonyl (C=O) groups excluding carboxylic acids is 1. The normalized spacial score (nSPS) is 16.1. The van der Waals surface area contributed by atoms with E-state index in [0.29, 0.717) is 22.1 Å². The van der Waals surface area contributed by atoms with Crippen LogP contribution in [-0.2, 0) is 0 Å². The SMILES string of the molecule is CN(C(=O)c1sc2nccnc2c1N)C1CCCC1. The Morgan fingerprint density at radius 1 is 1.37 bits per heavy atom. The summed E-state index contributed by atoms with van der Waals surface area (Å²) in [5, 5.41) is 0. The first-order valence-corrected chi connectivity index (χ1v) is 7.26. The molecule has 0 radical (unpaired) electrons. The largest absolute Gasteiger partial charge is 0.396 e. The van der Waals surface area contributed by atoms with Crippen molar-refractivity contribution in [3.8, 4) is 0 Å². The van der Waals surface area contributed by atoms with E-state index in [-0.39, 0.29) is 5.91 Å². The van der Waals surface area contributed by atoms with Crippen molar-refractivity contribution >= 4 is 33.3 Å². The Labute approximate surface area is 115 Å². The third kappa shape index (κ3) is 2.06. The molecule has 2 aromatic heterocycles. The minimum atomic E-state index is -0.00537. The van der Waals surface area contributed by atoms with Crippen LogP contribution in [0.2, 0.25) is 0 Å². The number of nitrogens with two attached hydrogens (primary N) is 1. The number of hydrogen-bond acceptors (Lipinski definition) is 5. The second-order valence-electron chi connectivity index (χ2n) is 4.91. The Hall–Kier alpha value is -1.69. The third-order valence-electron chi connectivity index (χ3n) is 3.75. The van der Waals surface area contributed by atoms with Gasteiger partial charge >= 0.3 is 0 Å². The van der Waals surface area contributed by atoms with Crippen molar-refractivity contribution in [3.63, 3.8) is 0 Å². The van der Waals surface area contributed by atoms with Crippen molar-refractivity contribution in [2.24, 2.45) is 0 Å². The molecular formula is C13H16N4OS. The van der Waals surface area contributed by atoms with E-state index >= 15 is 0 Å². The van der Waals surface area contributed by atoms with E-state index in [1.807, 2.05) is 11.9 Å². The van der Waals surface area contributed by atoms with Gasteiger partial charge in [-0.3, -0.25) is 4.79 Å². The van der Waals surface area contributed by atoms with Crippen molar-refractivity contribution in [2.45, 2.75) is 31.7 Å². The topological polar surface area (TPSA) is 72.1 Å². The zero-order valence-corrected chi connectivity index (χ0v) is 11.6. The molecule has 0 spiro atoms. The summed E-state index contributed by atoms with van der Waals surface area (Å²) < 4.78 is 0. The van der Waals surface area contributed by atoms with Gasteiger partial charge < -0.3 is 10.6 Å². The van der Waals surface area contributed by atoms with Gasteiger partial charge in [-0.15, -0.1) is 11.3 Å². The molecule has 3 rings (SSSR count). The number of rotatable bonds is 2. The Morgan fingerprint density at radius 3 is 2.74 bits per heavy atom. The first-order chi connectivity index (χ1) is 9.18. The van der Waals surface area contributed by atoms with Gasteiger partial charge in [0.1, 0.15) is 15.2 Å². The summed E-state index contributed by atoms with van der Waals surface area (Å²) in [6, 6.07) is 0.345. The molecule has 6 heteroatoms. The maximum atomic E-state index is 12.5. The fraction of sp³-hybridized carbons (Fsp3) is 0.462. The van der Waals surface area contributed by atoms with Gasteiger partial charge in [-0.05, 0) is 12.8 Å². The highest BCUT2D eigenvalue weighted by Gasteiger charge is 2.27. The second kappa shape index (κ2) is 4.77. The smallest absolute Gasteiger partial charge is 0.266 e. The van der Waals surface area contributed by atoms with Crippen LogP contribution in [0.3, 0.4) is 0 Å². The summed E-state index contributed by atoms with van der Waals surface area (Å²) in [4.78, 5) is 24.0. The molecule has 0 aliphatic heterocycles. The lowest BCUT2D eigenvalue weighted by atomic mass is 10.2. The van der Waals surface area contributed by atoms with Gasteiger partial charge in [0.2, 0.25) is 0 Å². The standard InChI is InChI=1S/C13H16N4OS/c1-17(8-4-2-3-5-8)13(18)11-9(14)10-12(19-11)16-7-6-15-10/h6-8H,2-5,14H2,1H3. The lowest BCUT2D eigenvalue weighted by Gasteiger charge is -2.23. The summed E-state index contributed by atoms with van der Waals surface area (Å²) in [5.74, 6) is -0.00537. The first-order valence-electron chi connectivity index (χ1n) is 6.44. The summed E-state index contributed by atoms with van der Waals surface area (Å²) in [6.45, 7) is 0. The van der Waals surface area contributed by atoms with Crippen molar-refractivity contribution in [3.05, 3.63) is 17.3 Å². The van der Waals surface area contributed by atoms with Crippen LogP contribution < -0.4 is 5.73 Å². The van der Waals surface area contributed by atoms with Crippen LogP contribution in [0.1, 0.15) is 35.4 Å². The molecule has 1 aliphatic carbocycles. The molecule has 2 N–H and O–H groups in total. The van der Waals surface area contributed by atoms with Gasteiger partial charge in [0.25, 0.3) is 5.91 Å². The minimum absolute atomic E-state index is 0.00537. The van der Waals surface area contributed by atoms with Crippen LogP contribution in [0.25, 0.3) is 10.3 Å². The maximum Gasteiger partial charge on any atom is 0.266 e. The van der Waals surface area contributed by atoms with E-state index < -0.39 is 0 Å². The molecule has 1 aliphatic rings. The minimum Gasteiger partial charge on any atom is -0.396 e. The highest BCUT2D eigenvalue weighted by molar-refractivity contribution is 7.21. The summed E-state index contributed by atoms with van der Waals surface area (Å²) in [5.41, 5.74) is 7.13. The number of amides is 1. The summed E-state index contributed by atoms with van der Waals surface area (Å²) >= 11 is 1.33. The maximum absolute atomic E-state index is 12.5. The molecule has 1 amide bonds. The van der Waals surface area contributed by atoms with Crippen LogP contribution in [0.4, 0.5) is 5.69 Å². The zero-order chi connectivity index (χ0) is 13.4. The number of hydrogen-bond donors (Lipinski definition) is 1. The summed E-state index contributed by atoms with van der Waals surface area (Å²) in [6.07, 6.45) is 7.79. The van der Waals surface area contributed by atoms with Crippen LogP contribution >= 0.6 is 11.3 Å². The Morgan fingerprint density at radius 2 is 2.05 bits per heavy atom.